The first-order chi connectivity index (χ1) is 14.5. The summed E-state index contributed by atoms with van der Waals surface area (Å²) in [5, 5.41) is 5.76. The Bertz CT molecular complexity index is 1230. The first-order valence-corrected chi connectivity index (χ1v) is 9.56. The maximum absolute atomic E-state index is 13.0. The Labute approximate surface area is 173 Å². The molecule has 0 radical (unpaired) electrons. The second kappa shape index (κ2) is 8.16. The van der Waals surface area contributed by atoms with E-state index in [0.717, 1.165) is 22.4 Å². The molecule has 0 aliphatic carbocycles. The first kappa shape index (κ1) is 19.3. The lowest BCUT2D eigenvalue weighted by Crippen LogP contribution is -2.23. The number of imidazole rings is 1. The van der Waals surface area contributed by atoms with Gasteiger partial charge in [0.05, 0.1) is 5.52 Å². The van der Waals surface area contributed by atoms with E-state index in [-0.39, 0.29) is 23.3 Å². The monoisotopic (exact) mass is 399 g/mol. The number of rotatable bonds is 5. The highest BCUT2D eigenvalue weighted by molar-refractivity contribution is 6.06. The number of carbonyl (C=O) groups is 2. The largest absolute Gasteiger partial charge is 0.347 e. The van der Waals surface area contributed by atoms with Crippen LogP contribution >= 0.6 is 0 Å². The molecule has 2 N–H and O–H groups in total. The molecule has 7 nitrogen and oxygen atoms in total. The Kier molecular flexibility index (Phi) is 5.26. The molecular weight excluding hydrogens is 378 g/mol. The van der Waals surface area contributed by atoms with Crippen LogP contribution in [0, 0.1) is 13.8 Å². The molecule has 1 aromatic carbocycles. The number of nitrogens with one attached hydrogen (secondary N) is 2. The molecule has 4 aromatic rings. The third-order valence-corrected chi connectivity index (χ3v) is 4.81. The fourth-order valence-electron chi connectivity index (χ4n) is 3.18. The third kappa shape index (κ3) is 3.91. The predicted molar refractivity (Wildman–Crippen MR) is 114 cm³/mol. The lowest BCUT2D eigenvalue weighted by Gasteiger charge is -2.08. The number of fused-ring (bicyclic) bond motifs is 1. The van der Waals surface area contributed by atoms with Gasteiger partial charge in [0.1, 0.15) is 0 Å². The molecule has 150 valence electrons. The van der Waals surface area contributed by atoms with Crippen molar-refractivity contribution in [3.8, 4) is 0 Å². The number of amides is 2. The molecule has 0 aliphatic heterocycles. The van der Waals surface area contributed by atoms with Crippen LogP contribution < -0.4 is 10.6 Å². The normalized spacial score (nSPS) is 10.7. The van der Waals surface area contributed by atoms with Crippen molar-refractivity contribution < 1.29 is 9.59 Å². The summed E-state index contributed by atoms with van der Waals surface area (Å²) in [4.78, 5) is 34.1. The highest BCUT2D eigenvalue weighted by Crippen LogP contribution is 2.19. The van der Waals surface area contributed by atoms with Gasteiger partial charge in [-0.1, -0.05) is 18.2 Å². The summed E-state index contributed by atoms with van der Waals surface area (Å²) in [5.41, 5.74) is 4.41. The van der Waals surface area contributed by atoms with Crippen LogP contribution in [0.25, 0.3) is 5.52 Å². The van der Waals surface area contributed by atoms with Crippen LogP contribution in [0.3, 0.4) is 0 Å². The zero-order chi connectivity index (χ0) is 21.1. The molecule has 3 aromatic heterocycles. The number of nitrogens with zero attached hydrogens (tertiary/aromatic N) is 3. The quantitative estimate of drug-likeness (QED) is 0.537. The Morgan fingerprint density at radius 2 is 1.80 bits per heavy atom. The standard InChI is InChI=1S/C23H21N5O2/c1-15-6-7-16(2)18(13-15)26-23(30)21-27-20(19-5-3-4-12-28(19)21)22(29)25-14-17-8-10-24-11-9-17/h3-13H,14H2,1-2H3,(H,25,29)(H,26,30). The Morgan fingerprint density at radius 1 is 1.00 bits per heavy atom. The summed E-state index contributed by atoms with van der Waals surface area (Å²) >= 11 is 0. The maximum Gasteiger partial charge on any atom is 0.292 e. The van der Waals surface area contributed by atoms with E-state index in [1.807, 2.05) is 50.2 Å². The molecule has 0 spiro atoms. The molecule has 0 unspecified atom stereocenters. The van der Waals surface area contributed by atoms with Gasteiger partial charge in [-0.3, -0.25) is 19.0 Å². The molecular formula is C23H21N5O2. The fourth-order valence-corrected chi connectivity index (χ4v) is 3.18. The van der Waals surface area contributed by atoms with Gasteiger partial charge < -0.3 is 10.6 Å². The van der Waals surface area contributed by atoms with Crippen LogP contribution in [-0.4, -0.2) is 26.2 Å². The first-order valence-electron chi connectivity index (χ1n) is 9.56. The number of hydrogen-bond donors (Lipinski definition) is 2. The number of pyridine rings is 2. The van der Waals surface area contributed by atoms with Gasteiger partial charge in [-0.15, -0.1) is 0 Å². The molecule has 0 atom stereocenters. The average molecular weight is 399 g/mol. The molecule has 4 rings (SSSR count). The second-order valence-electron chi connectivity index (χ2n) is 7.05. The summed E-state index contributed by atoms with van der Waals surface area (Å²) in [7, 11) is 0. The fraction of sp³-hybridized carbons (Fsp3) is 0.130. The van der Waals surface area contributed by atoms with Gasteiger partial charge in [-0.25, -0.2) is 4.98 Å². The van der Waals surface area contributed by atoms with Crippen LogP contribution in [0.4, 0.5) is 5.69 Å². The molecule has 0 fully saturated rings. The van der Waals surface area contributed by atoms with Crippen LogP contribution in [0.2, 0.25) is 0 Å². The molecule has 0 bridgehead atoms. The highest BCUT2D eigenvalue weighted by Gasteiger charge is 2.21. The number of benzene rings is 1. The maximum atomic E-state index is 13.0. The van der Waals surface area contributed by atoms with Crippen LogP contribution in [0.1, 0.15) is 37.8 Å². The van der Waals surface area contributed by atoms with E-state index in [1.54, 1.807) is 35.1 Å². The average Bonchev–Trinajstić information content (AvgIpc) is 3.15. The number of aryl methyl sites for hydroxylation is 2. The zero-order valence-corrected chi connectivity index (χ0v) is 16.7. The summed E-state index contributed by atoms with van der Waals surface area (Å²) in [6.45, 7) is 4.24. The Hall–Kier alpha value is -4.00. The van der Waals surface area contributed by atoms with Gasteiger partial charge in [0.25, 0.3) is 11.8 Å². The lowest BCUT2D eigenvalue weighted by molar-refractivity contribution is 0.0948. The van der Waals surface area contributed by atoms with E-state index in [4.69, 9.17) is 0 Å². The summed E-state index contributed by atoms with van der Waals surface area (Å²) in [6, 6.07) is 14.9. The number of anilines is 1. The minimum Gasteiger partial charge on any atom is -0.347 e. The SMILES string of the molecule is Cc1ccc(C)c(NC(=O)c2nc(C(=O)NCc3ccncc3)c3ccccn23)c1. The minimum absolute atomic E-state index is 0.153. The molecule has 3 heterocycles. The number of hydrogen-bond acceptors (Lipinski definition) is 4. The zero-order valence-electron chi connectivity index (χ0n) is 16.7. The van der Waals surface area contributed by atoms with Crippen molar-refractivity contribution in [3.63, 3.8) is 0 Å². The van der Waals surface area contributed by atoms with Gasteiger partial charge in [-0.05, 0) is 60.9 Å². The van der Waals surface area contributed by atoms with Crippen molar-refractivity contribution >= 4 is 23.0 Å². The van der Waals surface area contributed by atoms with Crippen molar-refractivity contribution in [2.45, 2.75) is 20.4 Å². The summed E-state index contributed by atoms with van der Waals surface area (Å²) in [6.07, 6.45) is 5.06. The molecule has 2 amide bonds. The van der Waals surface area contributed by atoms with Gasteiger partial charge in [0, 0.05) is 30.8 Å². The number of carbonyl (C=O) groups excluding carboxylic acids is 2. The Morgan fingerprint density at radius 3 is 2.60 bits per heavy atom. The second-order valence-corrected chi connectivity index (χ2v) is 7.05. The minimum atomic E-state index is -0.377. The van der Waals surface area contributed by atoms with E-state index in [0.29, 0.717) is 12.1 Å². The van der Waals surface area contributed by atoms with Crippen molar-refractivity contribution in [2.24, 2.45) is 0 Å². The van der Waals surface area contributed by atoms with Crippen LogP contribution in [0.5, 0.6) is 0 Å². The molecule has 0 aliphatic rings. The van der Waals surface area contributed by atoms with Gasteiger partial charge in [0.2, 0.25) is 5.82 Å². The smallest absolute Gasteiger partial charge is 0.292 e. The number of aromatic nitrogens is 3. The topological polar surface area (TPSA) is 88.4 Å². The predicted octanol–water partition coefficient (Wildman–Crippen LogP) is 3.53. The molecule has 0 saturated heterocycles. The van der Waals surface area contributed by atoms with Crippen LogP contribution in [0.15, 0.2) is 67.1 Å². The lowest BCUT2D eigenvalue weighted by atomic mass is 10.1. The van der Waals surface area contributed by atoms with Crippen molar-refractivity contribution in [1.82, 2.24) is 19.7 Å². The highest BCUT2D eigenvalue weighted by atomic mass is 16.2. The van der Waals surface area contributed by atoms with E-state index in [1.165, 1.54) is 0 Å². The van der Waals surface area contributed by atoms with Gasteiger partial charge >= 0.3 is 0 Å². The summed E-state index contributed by atoms with van der Waals surface area (Å²) < 4.78 is 1.63. The van der Waals surface area contributed by atoms with Gasteiger partial charge in [0.15, 0.2) is 5.69 Å². The molecule has 30 heavy (non-hydrogen) atoms. The van der Waals surface area contributed by atoms with E-state index in [9.17, 15) is 9.59 Å². The van der Waals surface area contributed by atoms with Crippen molar-refractivity contribution in [1.29, 1.82) is 0 Å². The third-order valence-electron chi connectivity index (χ3n) is 4.81. The molecule has 0 saturated carbocycles. The van der Waals surface area contributed by atoms with E-state index in [2.05, 4.69) is 20.6 Å². The Balaban J connectivity index is 1.62. The van der Waals surface area contributed by atoms with Gasteiger partial charge in [-0.2, -0.15) is 0 Å². The summed E-state index contributed by atoms with van der Waals surface area (Å²) in [5.74, 6) is -0.569. The molecule has 7 heteroatoms. The van der Waals surface area contributed by atoms with Crippen LogP contribution in [-0.2, 0) is 6.54 Å². The van der Waals surface area contributed by atoms with Crippen molar-refractivity contribution in [3.05, 3.63) is 95.3 Å². The van der Waals surface area contributed by atoms with E-state index >= 15 is 0 Å². The van der Waals surface area contributed by atoms with E-state index < -0.39 is 0 Å². The van der Waals surface area contributed by atoms with Crippen molar-refractivity contribution in [2.75, 3.05) is 5.32 Å².